The molecule has 2 aromatic rings. The van der Waals surface area contributed by atoms with Gasteiger partial charge in [-0.05, 0) is 36.3 Å². The number of amides is 2. The van der Waals surface area contributed by atoms with Crippen molar-refractivity contribution in [3.63, 3.8) is 0 Å². The van der Waals surface area contributed by atoms with Gasteiger partial charge in [0.1, 0.15) is 5.69 Å². The number of hydrogen-bond donors (Lipinski definition) is 2. The second-order valence-corrected chi connectivity index (χ2v) is 10.5. The number of nitrogens with one attached hydrogen (secondary N) is 2. The van der Waals surface area contributed by atoms with Crippen LogP contribution in [0.1, 0.15) is 46.1 Å². The molecule has 2 bridgehead atoms. The lowest BCUT2D eigenvalue weighted by Crippen LogP contribution is -2.58. The van der Waals surface area contributed by atoms with Crippen LogP contribution in [0.5, 0.6) is 0 Å². The monoisotopic (exact) mass is 452 g/mol. The third-order valence-electron chi connectivity index (χ3n) is 7.00. The number of fused-ring (bicyclic) bond motifs is 3. The molecule has 3 aliphatic rings. The van der Waals surface area contributed by atoms with E-state index in [4.69, 9.17) is 0 Å². The normalized spacial score (nSPS) is 24.5. The third kappa shape index (κ3) is 5.61. The van der Waals surface area contributed by atoms with E-state index in [9.17, 15) is 9.59 Å². The first-order valence-corrected chi connectivity index (χ1v) is 12.0. The summed E-state index contributed by atoms with van der Waals surface area (Å²) in [6.07, 6.45) is 4.09. The van der Waals surface area contributed by atoms with Crippen molar-refractivity contribution in [1.29, 1.82) is 0 Å². The molecule has 0 spiro atoms. The van der Waals surface area contributed by atoms with Crippen LogP contribution in [-0.2, 0) is 21.5 Å². The Balaban J connectivity index is 1.32. The number of carbonyl (C=O) groups is 2. The first-order valence-electron chi connectivity index (χ1n) is 12.0. The van der Waals surface area contributed by atoms with Gasteiger partial charge >= 0.3 is 0 Å². The Hall–Kier alpha value is -2.74. The fourth-order valence-electron chi connectivity index (χ4n) is 5.06. The average Bonchev–Trinajstić information content (AvgIpc) is 3.25. The summed E-state index contributed by atoms with van der Waals surface area (Å²) < 4.78 is 1.95. The minimum Gasteiger partial charge on any atom is -0.355 e. The van der Waals surface area contributed by atoms with Crippen molar-refractivity contribution in [2.24, 2.45) is 11.8 Å². The van der Waals surface area contributed by atoms with Gasteiger partial charge in [0, 0.05) is 38.2 Å². The zero-order valence-corrected chi connectivity index (χ0v) is 20.2. The maximum Gasteiger partial charge on any atom is 0.224 e. The lowest BCUT2D eigenvalue weighted by molar-refractivity contribution is -0.133. The smallest absolute Gasteiger partial charge is 0.224 e. The van der Waals surface area contributed by atoms with Gasteiger partial charge in [-0.3, -0.25) is 19.2 Å². The van der Waals surface area contributed by atoms with E-state index in [0.29, 0.717) is 25.0 Å². The molecule has 8 heteroatoms. The molecule has 1 unspecified atom stereocenters. The van der Waals surface area contributed by atoms with Crippen LogP contribution >= 0.6 is 0 Å². The predicted octanol–water partition coefficient (Wildman–Crippen LogP) is 2.21. The van der Waals surface area contributed by atoms with E-state index in [1.54, 1.807) is 0 Å². The van der Waals surface area contributed by atoms with Gasteiger partial charge in [-0.25, -0.2) is 0 Å². The topological polar surface area (TPSA) is 92.2 Å². The highest BCUT2D eigenvalue weighted by Gasteiger charge is 2.43. The Morgan fingerprint density at radius 2 is 1.85 bits per heavy atom. The fourth-order valence-corrected chi connectivity index (χ4v) is 5.06. The second kappa shape index (κ2) is 9.63. The number of rotatable bonds is 7. The molecule has 8 nitrogen and oxygen atoms in total. The summed E-state index contributed by atoms with van der Waals surface area (Å²) >= 11 is 0. The number of aromatic nitrogens is 3. The Bertz CT molecular complexity index is 978. The Morgan fingerprint density at radius 1 is 1.12 bits per heavy atom. The molecule has 2 N–H and O–H groups in total. The van der Waals surface area contributed by atoms with Gasteiger partial charge in [-0.15, -0.1) is 5.10 Å². The molecule has 0 radical (unpaired) electrons. The molecule has 2 amide bonds. The van der Waals surface area contributed by atoms with Crippen molar-refractivity contribution in [3.8, 4) is 11.3 Å². The van der Waals surface area contributed by atoms with E-state index in [1.165, 1.54) is 12.5 Å². The van der Waals surface area contributed by atoms with Gasteiger partial charge in [-0.2, -0.15) is 0 Å². The van der Waals surface area contributed by atoms with Crippen LogP contribution in [0, 0.1) is 11.8 Å². The molecule has 1 aromatic heterocycles. The molecule has 5 rings (SSSR count). The summed E-state index contributed by atoms with van der Waals surface area (Å²) in [7, 11) is 0. The lowest BCUT2D eigenvalue weighted by atomic mass is 9.75. The molecule has 0 aliphatic carbocycles. The number of benzene rings is 1. The van der Waals surface area contributed by atoms with Crippen LogP contribution in [-0.4, -0.2) is 63.9 Å². The van der Waals surface area contributed by atoms with E-state index >= 15 is 0 Å². The Labute approximate surface area is 196 Å². The molecule has 3 aliphatic heterocycles. The first kappa shape index (κ1) is 23.4. The molecule has 1 aromatic carbocycles. The summed E-state index contributed by atoms with van der Waals surface area (Å²) in [6, 6.07) is 8.96. The molecule has 33 heavy (non-hydrogen) atoms. The van der Waals surface area contributed by atoms with E-state index in [0.717, 1.165) is 43.7 Å². The maximum atomic E-state index is 12.7. The standard InChI is InChI=1S/C25H36N6O2/c1-17(32)26-10-11-27-24(33)22-15-30-12-9-19(22)13-21(30)14-31-16-23(28-29-31)18-5-7-20(8-6-18)25(2,3)4/h5-8,16,19,21-22H,9-15H2,1-4H3,(H,26,32)(H,27,33)/t19-,21+,22-/m0/s1. The SMILES string of the molecule is CC(=O)NCCNC(=O)[C@H]1CN2CC[C@H]1C[C@@H]2Cn1cc(-c2ccc(C(C)(C)C)cc2)nn1. The van der Waals surface area contributed by atoms with Gasteiger partial charge in [0.05, 0.1) is 18.7 Å². The summed E-state index contributed by atoms with van der Waals surface area (Å²) in [6.45, 7) is 11.7. The average molecular weight is 453 g/mol. The number of nitrogens with zero attached hydrogens (tertiary/aromatic N) is 4. The first-order chi connectivity index (χ1) is 15.7. The highest BCUT2D eigenvalue weighted by atomic mass is 16.2. The van der Waals surface area contributed by atoms with Crippen LogP contribution in [0.15, 0.2) is 30.5 Å². The van der Waals surface area contributed by atoms with Crippen LogP contribution < -0.4 is 10.6 Å². The highest BCUT2D eigenvalue weighted by Crippen LogP contribution is 2.37. The predicted molar refractivity (Wildman–Crippen MR) is 127 cm³/mol. The summed E-state index contributed by atoms with van der Waals surface area (Å²) in [5.74, 6) is 0.456. The van der Waals surface area contributed by atoms with Gasteiger partial charge in [-0.1, -0.05) is 50.3 Å². The summed E-state index contributed by atoms with van der Waals surface area (Å²) in [4.78, 5) is 26.1. The van der Waals surface area contributed by atoms with E-state index in [-0.39, 0.29) is 23.1 Å². The Morgan fingerprint density at radius 3 is 2.48 bits per heavy atom. The second-order valence-electron chi connectivity index (χ2n) is 10.5. The van der Waals surface area contributed by atoms with Crippen molar-refractivity contribution < 1.29 is 9.59 Å². The van der Waals surface area contributed by atoms with Crippen LogP contribution in [0.4, 0.5) is 0 Å². The summed E-state index contributed by atoms with van der Waals surface area (Å²) in [5.41, 5.74) is 3.40. The summed E-state index contributed by atoms with van der Waals surface area (Å²) in [5, 5.41) is 14.5. The zero-order valence-electron chi connectivity index (χ0n) is 20.2. The van der Waals surface area contributed by atoms with E-state index < -0.39 is 0 Å². The lowest BCUT2D eigenvalue weighted by Gasteiger charge is -2.49. The van der Waals surface area contributed by atoms with E-state index in [2.05, 4.69) is 70.9 Å². The van der Waals surface area contributed by atoms with Gasteiger partial charge in [0.2, 0.25) is 11.8 Å². The van der Waals surface area contributed by atoms with Crippen molar-refractivity contribution in [2.75, 3.05) is 26.2 Å². The molecular weight excluding hydrogens is 416 g/mol. The molecule has 3 saturated heterocycles. The van der Waals surface area contributed by atoms with Crippen molar-refractivity contribution in [2.45, 2.75) is 58.5 Å². The number of hydrogen-bond acceptors (Lipinski definition) is 5. The van der Waals surface area contributed by atoms with E-state index in [1.807, 2.05) is 10.9 Å². The molecule has 3 fully saturated rings. The Kier molecular flexibility index (Phi) is 6.83. The zero-order chi connectivity index (χ0) is 23.6. The molecule has 4 atom stereocenters. The van der Waals surface area contributed by atoms with Gasteiger partial charge < -0.3 is 10.6 Å². The van der Waals surface area contributed by atoms with Crippen LogP contribution in [0.25, 0.3) is 11.3 Å². The quantitative estimate of drug-likeness (QED) is 0.629. The highest BCUT2D eigenvalue weighted by molar-refractivity contribution is 5.79. The van der Waals surface area contributed by atoms with Crippen LogP contribution in [0.2, 0.25) is 0 Å². The third-order valence-corrected chi connectivity index (χ3v) is 7.00. The molecule has 4 heterocycles. The van der Waals surface area contributed by atoms with Crippen molar-refractivity contribution in [3.05, 3.63) is 36.0 Å². The minimum atomic E-state index is -0.0758. The maximum absolute atomic E-state index is 12.7. The molecule has 0 saturated carbocycles. The van der Waals surface area contributed by atoms with Crippen molar-refractivity contribution >= 4 is 11.8 Å². The van der Waals surface area contributed by atoms with Gasteiger partial charge in [0.15, 0.2) is 0 Å². The number of carbonyl (C=O) groups excluding carboxylic acids is 2. The number of piperidine rings is 3. The molecule has 178 valence electrons. The fraction of sp³-hybridized carbons (Fsp3) is 0.600. The largest absolute Gasteiger partial charge is 0.355 e. The van der Waals surface area contributed by atoms with Crippen LogP contribution in [0.3, 0.4) is 0 Å². The van der Waals surface area contributed by atoms with Gasteiger partial charge in [0.25, 0.3) is 0 Å². The molecular formula is C25H36N6O2. The minimum absolute atomic E-state index is 0.0277. The van der Waals surface area contributed by atoms with Crippen molar-refractivity contribution in [1.82, 2.24) is 30.5 Å².